The molecule has 186 valence electrons. The second-order valence-corrected chi connectivity index (χ2v) is 10.9. The van der Waals surface area contributed by atoms with Crippen LogP contribution in [0.25, 0.3) is 0 Å². The summed E-state index contributed by atoms with van der Waals surface area (Å²) in [7, 11) is 1.48. The highest BCUT2D eigenvalue weighted by Crippen LogP contribution is 2.23. The van der Waals surface area contributed by atoms with E-state index < -0.39 is 10.0 Å². The SMILES string of the molecule is COc1ccc(S(=O)(=O)N(C)CCC(=O)Nc2ccc(CNC3CCN(C)CC3)cc2)c(C)c1. The number of ether oxygens (including phenoxy) is 1. The highest BCUT2D eigenvalue weighted by molar-refractivity contribution is 7.89. The van der Waals surface area contributed by atoms with Crippen molar-refractivity contribution in [3.63, 3.8) is 0 Å². The molecular weight excluding hydrogens is 452 g/mol. The number of piperidine rings is 1. The number of nitrogens with one attached hydrogen (secondary N) is 2. The van der Waals surface area contributed by atoms with Crippen LogP contribution in [0.1, 0.15) is 30.4 Å². The van der Waals surface area contributed by atoms with Crippen molar-refractivity contribution >= 4 is 21.6 Å². The van der Waals surface area contributed by atoms with Crippen LogP contribution in [0.2, 0.25) is 0 Å². The maximum atomic E-state index is 12.9. The summed E-state index contributed by atoms with van der Waals surface area (Å²) in [5.41, 5.74) is 2.46. The number of hydrogen-bond donors (Lipinski definition) is 2. The Hall–Kier alpha value is -2.46. The lowest BCUT2D eigenvalue weighted by Gasteiger charge is -2.29. The van der Waals surface area contributed by atoms with Crippen LogP contribution in [0.15, 0.2) is 47.4 Å². The minimum Gasteiger partial charge on any atom is -0.497 e. The zero-order valence-corrected chi connectivity index (χ0v) is 21.3. The first-order chi connectivity index (χ1) is 16.2. The lowest BCUT2D eigenvalue weighted by Crippen LogP contribution is -2.40. The van der Waals surface area contributed by atoms with E-state index >= 15 is 0 Å². The number of likely N-dealkylation sites (tertiary alicyclic amines) is 1. The molecule has 0 radical (unpaired) electrons. The first-order valence-electron chi connectivity index (χ1n) is 11.6. The van der Waals surface area contributed by atoms with Crippen LogP contribution in [0.3, 0.4) is 0 Å². The largest absolute Gasteiger partial charge is 0.497 e. The normalized spacial score (nSPS) is 15.4. The standard InChI is InChI=1S/C25H36N4O4S/c1-19-17-23(33-4)9-10-24(19)34(31,32)29(3)16-13-25(30)27-22-7-5-20(6-8-22)18-26-21-11-14-28(2)15-12-21/h5-10,17,21,26H,11-16,18H2,1-4H3,(H,27,30). The van der Waals surface area contributed by atoms with Gasteiger partial charge in [0.2, 0.25) is 15.9 Å². The average molecular weight is 489 g/mol. The van der Waals surface area contributed by atoms with Crippen molar-refractivity contribution in [2.75, 3.05) is 46.2 Å². The molecule has 2 N–H and O–H groups in total. The van der Waals surface area contributed by atoms with Crippen LogP contribution >= 0.6 is 0 Å². The summed E-state index contributed by atoms with van der Waals surface area (Å²) < 4.78 is 32.1. The molecule has 2 aromatic rings. The summed E-state index contributed by atoms with van der Waals surface area (Å²) in [6.07, 6.45) is 2.38. The number of hydrogen-bond acceptors (Lipinski definition) is 6. The molecule has 1 heterocycles. The summed E-state index contributed by atoms with van der Waals surface area (Å²) >= 11 is 0. The Morgan fingerprint density at radius 1 is 1.15 bits per heavy atom. The second kappa shape index (κ2) is 11.8. The minimum atomic E-state index is -3.70. The maximum Gasteiger partial charge on any atom is 0.243 e. The van der Waals surface area contributed by atoms with Gasteiger partial charge in [0.15, 0.2) is 0 Å². The van der Waals surface area contributed by atoms with Gasteiger partial charge in [-0.3, -0.25) is 4.79 Å². The Labute approximate surface area is 203 Å². The molecule has 1 amide bonds. The van der Waals surface area contributed by atoms with E-state index in [1.165, 1.54) is 24.5 Å². The molecule has 0 atom stereocenters. The van der Waals surface area contributed by atoms with E-state index in [0.717, 1.165) is 38.0 Å². The minimum absolute atomic E-state index is 0.0599. The van der Waals surface area contributed by atoms with Crippen LogP contribution in [0, 0.1) is 6.92 Å². The summed E-state index contributed by atoms with van der Waals surface area (Å²) in [6, 6.07) is 13.1. The molecule has 34 heavy (non-hydrogen) atoms. The predicted molar refractivity (Wildman–Crippen MR) is 135 cm³/mol. The summed E-state index contributed by atoms with van der Waals surface area (Å²) in [5, 5.41) is 6.46. The Morgan fingerprint density at radius 2 is 1.82 bits per heavy atom. The monoisotopic (exact) mass is 488 g/mol. The molecule has 1 aliphatic rings. The second-order valence-electron chi connectivity index (χ2n) is 8.91. The van der Waals surface area contributed by atoms with Gasteiger partial charge < -0.3 is 20.3 Å². The van der Waals surface area contributed by atoms with Gasteiger partial charge in [-0.25, -0.2) is 12.7 Å². The third-order valence-corrected chi connectivity index (χ3v) is 8.29. The molecule has 0 spiro atoms. The van der Waals surface area contributed by atoms with E-state index in [4.69, 9.17) is 4.74 Å². The molecule has 1 aliphatic heterocycles. The fourth-order valence-corrected chi connectivity index (χ4v) is 5.36. The molecule has 9 heteroatoms. The zero-order valence-electron chi connectivity index (χ0n) is 20.5. The molecule has 0 aliphatic carbocycles. The van der Waals surface area contributed by atoms with Gasteiger partial charge in [0.05, 0.1) is 12.0 Å². The summed E-state index contributed by atoms with van der Waals surface area (Å²) in [4.78, 5) is 15.0. The van der Waals surface area contributed by atoms with Gasteiger partial charge in [-0.1, -0.05) is 12.1 Å². The van der Waals surface area contributed by atoms with E-state index in [1.807, 2.05) is 24.3 Å². The molecule has 3 rings (SSSR count). The van der Waals surface area contributed by atoms with Crippen LogP contribution in [0.5, 0.6) is 5.75 Å². The molecule has 8 nitrogen and oxygen atoms in total. The number of nitrogens with zero attached hydrogens (tertiary/aromatic N) is 2. The topological polar surface area (TPSA) is 91.0 Å². The molecule has 2 aromatic carbocycles. The fraction of sp³-hybridized carbons (Fsp3) is 0.480. The van der Waals surface area contributed by atoms with Gasteiger partial charge in [-0.15, -0.1) is 0 Å². The van der Waals surface area contributed by atoms with E-state index in [-0.39, 0.29) is 23.8 Å². The number of benzene rings is 2. The quantitative estimate of drug-likeness (QED) is 0.535. The molecule has 0 unspecified atom stereocenters. The van der Waals surface area contributed by atoms with Crippen molar-refractivity contribution in [2.45, 2.75) is 43.7 Å². The van der Waals surface area contributed by atoms with Gasteiger partial charge in [-0.2, -0.15) is 0 Å². The molecule has 0 bridgehead atoms. The number of carbonyl (C=O) groups is 1. The van der Waals surface area contributed by atoms with Crippen molar-refractivity contribution in [3.05, 3.63) is 53.6 Å². The molecular formula is C25H36N4O4S. The van der Waals surface area contributed by atoms with E-state index in [9.17, 15) is 13.2 Å². The first kappa shape index (κ1) is 26.2. The number of rotatable bonds is 10. The summed E-state index contributed by atoms with van der Waals surface area (Å²) in [6.45, 7) is 4.86. The smallest absolute Gasteiger partial charge is 0.243 e. The predicted octanol–water partition coefficient (Wildman–Crippen LogP) is 2.84. The lowest BCUT2D eigenvalue weighted by molar-refractivity contribution is -0.116. The number of sulfonamides is 1. The maximum absolute atomic E-state index is 12.9. The molecule has 1 fully saturated rings. The highest BCUT2D eigenvalue weighted by atomic mass is 32.2. The van der Waals surface area contributed by atoms with Gasteiger partial charge in [0.1, 0.15) is 5.75 Å². The molecule has 1 saturated heterocycles. The number of amides is 1. The number of anilines is 1. The number of carbonyl (C=O) groups excluding carboxylic acids is 1. The fourth-order valence-electron chi connectivity index (χ4n) is 3.99. The van der Waals surface area contributed by atoms with Crippen LogP contribution < -0.4 is 15.4 Å². The first-order valence-corrected chi connectivity index (χ1v) is 13.0. The van der Waals surface area contributed by atoms with Crippen molar-refractivity contribution < 1.29 is 17.9 Å². The van der Waals surface area contributed by atoms with Crippen LogP contribution in [-0.2, 0) is 21.4 Å². The van der Waals surface area contributed by atoms with E-state index in [1.54, 1.807) is 19.1 Å². The Balaban J connectivity index is 1.46. The van der Waals surface area contributed by atoms with Crippen molar-refractivity contribution in [2.24, 2.45) is 0 Å². The van der Waals surface area contributed by atoms with Crippen molar-refractivity contribution in [1.82, 2.24) is 14.5 Å². The van der Waals surface area contributed by atoms with Crippen LogP contribution in [0.4, 0.5) is 5.69 Å². The Bertz CT molecular complexity index is 1060. The highest BCUT2D eigenvalue weighted by Gasteiger charge is 2.23. The number of aryl methyl sites for hydroxylation is 1. The van der Waals surface area contributed by atoms with E-state index in [0.29, 0.717) is 23.0 Å². The average Bonchev–Trinajstić information content (AvgIpc) is 2.82. The van der Waals surface area contributed by atoms with Crippen LogP contribution in [-0.4, -0.2) is 70.4 Å². The van der Waals surface area contributed by atoms with Crippen molar-refractivity contribution in [1.29, 1.82) is 0 Å². The van der Waals surface area contributed by atoms with Gasteiger partial charge in [0, 0.05) is 38.3 Å². The lowest BCUT2D eigenvalue weighted by atomic mass is 10.1. The Morgan fingerprint density at radius 3 is 2.44 bits per heavy atom. The molecule has 0 aromatic heterocycles. The zero-order chi connectivity index (χ0) is 24.7. The summed E-state index contributed by atoms with van der Waals surface area (Å²) in [5.74, 6) is 0.368. The third-order valence-electron chi connectivity index (χ3n) is 6.28. The third kappa shape index (κ3) is 7.02. The van der Waals surface area contributed by atoms with Gasteiger partial charge >= 0.3 is 0 Å². The van der Waals surface area contributed by atoms with E-state index in [2.05, 4.69) is 22.6 Å². The Kier molecular flexibility index (Phi) is 9.07. The van der Waals surface area contributed by atoms with Gasteiger partial charge in [-0.05, 0) is 81.4 Å². The van der Waals surface area contributed by atoms with Gasteiger partial charge in [0.25, 0.3) is 0 Å². The molecule has 0 saturated carbocycles. The van der Waals surface area contributed by atoms with Crippen molar-refractivity contribution in [3.8, 4) is 5.75 Å². The number of methoxy groups -OCH3 is 1.